The van der Waals surface area contributed by atoms with E-state index in [1.54, 1.807) is 0 Å². The molecule has 0 aromatic carbocycles. The van der Waals surface area contributed by atoms with Gasteiger partial charge in [0.05, 0.1) is 12.9 Å². The summed E-state index contributed by atoms with van der Waals surface area (Å²) in [5.74, 6) is 0.532. The summed E-state index contributed by atoms with van der Waals surface area (Å²) in [6, 6.07) is 0. The van der Waals surface area contributed by atoms with Gasteiger partial charge >= 0.3 is 5.97 Å². The van der Waals surface area contributed by atoms with Crippen LogP contribution >= 0.6 is 0 Å². The van der Waals surface area contributed by atoms with Crippen LogP contribution in [0.3, 0.4) is 0 Å². The number of fused-ring (bicyclic) bond motifs is 1. The molecule has 17 heavy (non-hydrogen) atoms. The maximum Gasteiger partial charge on any atom is 0.334 e. The van der Waals surface area contributed by atoms with Gasteiger partial charge in [0.25, 0.3) is 0 Å². The molecule has 2 saturated carbocycles. The molecular formula is C12H18O4S. The Bertz CT molecular complexity index is 366. The molecule has 3 atom stereocenters. The average Bonchev–Trinajstić information content (AvgIpc) is 2.90. The average molecular weight is 258 g/mol. The fourth-order valence-electron chi connectivity index (χ4n) is 2.83. The lowest BCUT2D eigenvalue weighted by molar-refractivity contribution is -0.139. The van der Waals surface area contributed by atoms with Crippen LogP contribution in [0.5, 0.6) is 0 Å². The minimum absolute atomic E-state index is 0.0531. The van der Waals surface area contributed by atoms with Gasteiger partial charge in [0.15, 0.2) is 11.1 Å². The van der Waals surface area contributed by atoms with Gasteiger partial charge < -0.3 is 4.74 Å². The summed E-state index contributed by atoms with van der Waals surface area (Å²) >= 11 is -1.37. The highest BCUT2D eigenvalue weighted by Crippen LogP contribution is 2.67. The lowest BCUT2D eigenvalue weighted by Crippen LogP contribution is -2.18. The largest absolute Gasteiger partial charge is 0.461 e. The summed E-state index contributed by atoms with van der Waals surface area (Å²) < 4.78 is 20.6. The van der Waals surface area contributed by atoms with Crippen LogP contribution in [0.2, 0.25) is 0 Å². The SMILES string of the molecule is C=C(C(=O)OCCS(=O)OC)C12CCCC1C2. The van der Waals surface area contributed by atoms with Gasteiger partial charge in [-0.3, -0.25) is 4.18 Å². The minimum Gasteiger partial charge on any atom is -0.461 e. The van der Waals surface area contributed by atoms with Crippen LogP contribution in [-0.2, 0) is 24.8 Å². The zero-order valence-corrected chi connectivity index (χ0v) is 10.9. The molecular weight excluding hydrogens is 240 g/mol. The Labute approximate surface area is 104 Å². The van der Waals surface area contributed by atoms with Crippen LogP contribution in [0.1, 0.15) is 25.7 Å². The van der Waals surface area contributed by atoms with Crippen LogP contribution in [0.25, 0.3) is 0 Å². The van der Waals surface area contributed by atoms with Gasteiger partial charge in [0.2, 0.25) is 0 Å². The Morgan fingerprint density at radius 3 is 2.88 bits per heavy atom. The summed E-state index contributed by atoms with van der Waals surface area (Å²) in [5.41, 5.74) is 0.667. The zero-order valence-electron chi connectivity index (χ0n) is 10.1. The maximum atomic E-state index is 11.8. The fourth-order valence-corrected chi connectivity index (χ4v) is 3.21. The second-order valence-corrected chi connectivity index (χ2v) is 6.09. The second-order valence-electron chi connectivity index (χ2n) is 4.74. The minimum atomic E-state index is -1.37. The van der Waals surface area contributed by atoms with E-state index in [1.165, 1.54) is 20.0 Å². The first-order valence-electron chi connectivity index (χ1n) is 5.89. The van der Waals surface area contributed by atoms with Crippen molar-refractivity contribution in [1.29, 1.82) is 0 Å². The van der Waals surface area contributed by atoms with Crippen molar-refractivity contribution in [3.63, 3.8) is 0 Å². The number of ether oxygens (including phenoxy) is 1. The molecule has 0 saturated heterocycles. The molecule has 0 amide bonds. The van der Waals surface area contributed by atoms with Crippen LogP contribution in [0, 0.1) is 11.3 Å². The third-order valence-electron chi connectivity index (χ3n) is 3.92. The highest BCUT2D eigenvalue weighted by molar-refractivity contribution is 7.80. The van der Waals surface area contributed by atoms with E-state index in [-0.39, 0.29) is 23.7 Å². The predicted octanol–water partition coefficient (Wildman–Crippen LogP) is 1.59. The van der Waals surface area contributed by atoms with E-state index in [2.05, 4.69) is 10.8 Å². The zero-order chi connectivity index (χ0) is 12.5. The number of hydrogen-bond donors (Lipinski definition) is 0. The molecule has 0 aromatic heterocycles. The first-order chi connectivity index (χ1) is 8.10. The quantitative estimate of drug-likeness (QED) is 0.536. The van der Waals surface area contributed by atoms with Crippen LogP contribution in [0.15, 0.2) is 12.2 Å². The Balaban J connectivity index is 1.77. The molecule has 4 nitrogen and oxygen atoms in total. The van der Waals surface area contributed by atoms with Crippen molar-refractivity contribution in [1.82, 2.24) is 0 Å². The number of carbonyl (C=O) groups excluding carboxylic acids is 1. The van der Waals surface area contributed by atoms with E-state index in [0.717, 1.165) is 12.8 Å². The Morgan fingerprint density at radius 1 is 1.59 bits per heavy atom. The molecule has 96 valence electrons. The molecule has 2 aliphatic rings. The number of carbonyl (C=O) groups is 1. The van der Waals surface area contributed by atoms with Crippen molar-refractivity contribution in [3.05, 3.63) is 12.2 Å². The molecule has 0 spiro atoms. The third kappa shape index (κ3) is 2.45. The summed E-state index contributed by atoms with van der Waals surface area (Å²) in [7, 11) is 1.36. The first-order valence-corrected chi connectivity index (χ1v) is 7.14. The van der Waals surface area contributed by atoms with Crippen molar-refractivity contribution in [3.8, 4) is 0 Å². The number of esters is 1. The summed E-state index contributed by atoms with van der Waals surface area (Å²) in [5, 5.41) is 0. The lowest BCUT2D eigenvalue weighted by Gasteiger charge is -2.14. The molecule has 0 N–H and O–H groups in total. The molecule has 2 fully saturated rings. The van der Waals surface area contributed by atoms with Gasteiger partial charge in [-0.25, -0.2) is 9.00 Å². The normalized spacial score (nSPS) is 31.7. The monoisotopic (exact) mass is 258 g/mol. The van der Waals surface area contributed by atoms with Gasteiger partial charge in [0.1, 0.15) is 6.61 Å². The summed E-state index contributed by atoms with van der Waals surface area (Å²) in [6.45, 7) is 4.01. The van der Waals surface area contributed by atoms with Gasteiger partial charge in [0, 0.05) is 11.0 Å². The highest BCUT2D eigenvalue weighted by atomic mass is 32.2. The van der Waals surface area contributed by atoms with Crippen molar-refractivity contribution in [2.75, 3.05) is 19.5 Å². The van der Waals surface area contributed by atoms with Crippen molar-refractivity contribution < 1.29 is 17.9 Å². The molecule has 0 aliphatic heterocycles. The third-order valence-corrected chi connectivity index (χ3v) is 4.80. The molecule has 2 aliphatic carbocycles. The highest BCUT2D eigenvalue weighted by Gasteiger charge is 2.60. The Morgan fingerprint density at radius 2 is 2.35 bits per heavy atom. The summed E-state index contributed by atoms with van der Waals surface area (Å²) in [4.78, 5) is 11.8. The van der Waals surface area contributed by atoms with Gasteiger partial charge in [-0.2, -0.15) is 0 Å². The molecule has 5 heteroatoms. The molecule has 0 heterocycles. The second kappa shape index (κ2) is 4.90. The van der Waals surface area contributed by atoms with Crippen LogP contribution in [0.4, 0.5) is 0 Å². The lowest BCUT2D eigenvalue weighted by atomic mass is 9.94. The Hall–Kier alpha value is -0.680. The van der Waals surface area contributed by atoms with Crippen molar-refractivity contribution in [2.45, 2.75) is 25.7 Å². The van der Waals surface area contributed by atoms with E-state index in [9.17, 15) is 9.00 Å². The van der Waals surface area contributed by atoms with Crippen LogP contribution < -0.4 is 0 Å². The number of hydrogen-bond acceptors (Lipinski definition) is 4. The smallest absolute Gasteiger partial charge is 0.334 e. The van der Waals surface area contributed by atoms with Crippen molar-refractivity contribution in [2.24, 2.45) is 11.3 Å². The molecule has 2 rings (SSSR count). The standard InChI is InChI=1S/C12H18O4S/c1-9(12-5-3-4-10(12)8-12)11(13)16-6-7-17(14)15-2/h10H,1,3-8H2,2H3. The first kappa shape index (κ1) is 12.8. The molecule has 0 bridgehead atoms. The van der Waals surface area contributed by atoms with E-state index in [0.29, 0.717) is 11.5 Å². The van der Waals surface area contributed by atoms with E-state index >= 15 is 0 Å². The van der Waals surface area contributed by atoms with E-state index < -0.39 is 11.1 Å². The topological polar surface area (TPSA) is 52.6 Å². The van der Waals surface area contributed by atoms with Gasteiger partial charge in [-0.05, 0) is 25.2 Å². The number of rotatable bonds is 6. The summed E-state index contributed by atoms with van der Waals surface area (Å²) in [6.07, 6.45) is 4.55. The van der Waals surface area contributed by atoms with Gasteiger partial charge in [-0.15, -0.1) is 0 Å². The molecule has 0 radical (unpaired) electrons. The predicted molar refractivity (Wildman–Crippen MR) is 64.5 cm³/mol. The van der Waals surface area contributed by atoms with Crippen molar-refractivity contribution >= 4 is 17.0 Å². The van der Waals surface area contributed by atoms with E-state index in [1.807, 2.05) is 0 Å². The Kier molecular flexibility index (Phi) is 3.68. The maximum absolute atomic E-state index is 11.8. The van der Waals surface area contributed by atoms with Gasteiger partial charge in [-0.1, -0.05) is 13.0 Å². The fraction of sp³-hybridized carbons (Fsp3) is 0.750. The molecule has 0 aromatic rings. The van der Waals surface area contributed by atoms with E-state index in [4.69, 9.17) is 4.74 Å². The van der Waals surface area contributed by atoms with Crippen LogP contribution in [-0.4, -0.2) is 29.6 Å². The molecule has 3 unspecified atom stereocenters.